The highest BCUT2D eigenvalue weighted by Crippen LogP contribution is 2.48. The summed E-state index contributed by atoms with van der Waals surface area (Å²) in [5.74, 6) is -2.29. The lowest BCUT2D eigenvalue weighted by Crippen LogP contribution is -2.36. The van der Waals surface area contributed by atoms with Crippen LogP contribution in [0.3, 0.4) is 0 Å². The summed E-state index contributed by atoms with van der Waals surface area (Å²) in [5, 5.41) is 10.1. The largest absolute Gasteiger partial charge is 0.490 e. The molecule has 0 saturated heterocycles. The van der Waals surface area contributed by atoms with Crippen LogP contribution in [0.2, 0.25) is 0 Å². The van der Waals surface area contributed by atoms with Crippen LogP contribution in [0.15, 0.2) is 53.4 Å². The van der Waals surface area contributed by atoms with Crippen LogP contribution >= 0.6 is 0 Å². The fraction of sp³-hybridized carbons (Fsp3) is 0.440. The minimum Gasteiger partial charge on any atom is -0.475 e. The van der Waals surface area contributed by atoms with Crippen LogP contribution in [-0.2, 0) is 31.4 Å². The molecule has 0 heterocycles. The average molecular weight is 529 g/mol. The van der Waals surface area contributed by atoms with Gasteiger partial charge >= 0.3 is 12.1 Å². The normalized spacial score (nSPS) is 14.4. The van der Waals surface area contributed by atoms with Crippen molar-refractivity contribution in [2.24, 2.45) is 5.92 Å². The summed E-state index contributed by atoms with van der Waals surface area (Å²) in [6, 6.07) is 14.2. The summed E-state index contributed by atoms with van der Waals surface area (Å²) < 4.78 is 59.7. The molecular weight excluding hydrogens is 497 g/mol. The number of amides is 1. The maximum Gasteiger partial charge on any atom is 0.490 e. The van der Waals surface area contributed by atoms with Gasteiger partial charge in [0.25, 0.3) is 10.0 Å². The van der Waals surface area contributed by atoms with Gasteiger partial charge in [-0.15, -0.1) is 0 Å². The number of aliphatic carboxylic acids is 1. The molecule has 1 saturated carbocycles. The Morgan fingerprint density at radius 1 is 1.03 bits per heavy atom. The monoisotopic (exact) mass is 528 g/mol. The zero-order valence-electron chi connectivity index (χ0n) is 20.4. The van der Waals surface area contributed by atoms with Gasteiger partial charge in [-0.1, -0.05) is 51.5 Å². The highest BCUT2D eigenvalue weighted by atomic mass is 32.2. The first kappa shape index (κ1) is 29.2. The number of carboxylic acids is 1. The molecule has 11 heteroatoms. The number of halogens is 3. The molecular formula is C25H31F3N2O5S. The van der Waals surface area contributed by atoms with Crippen LogP contribution in [0.4, 0.5) is 18.9 Å². The number of nitrogens with one attached hydrogen (secondary N) is 2. The Kier molecular flexibility index (Phi) is 9.53. The summed E-state index contributed by atoms with van der Waals surface area (Å²) in [4.78, 5) is 21.7. The average Bonchev–Trinajstić information content (AvgIpc) is 3.60. The standard InChI is InChI=1S/C23H30N2O3S.C2HF3O2/c1-4-5-18-6-12-21(13-7-18)29(27,28)25-20-10-8-19(9-11-20)23(14-15-23)22(26)24-16-17(2)3;3-2(4,5)1(6)7/h6-13,17,25H,4-5,14-16H2,1-3H3,(H,24,26);(H,6,7). The zero-order valence-corrected chi connectivity index (χ0v) is 21.2. The Labute approximate surface area is 209 Å². The predicted octanol–water partition coefficient (Wildman–Crippen LogP) is 4.88. The van der Waals surface area contributed by atoms with Gasteiger partial charge in [0, 0.05) is 12.2 Å². The molecule has 0 atom stereocenters. The summed E-state index contributed by atoms with van der Waals surface area (Å²) in [6.45, 7) is 6.89. The fourth-order valence-corrected chi connectivity index (χ4v) is 4.49. The van der Waals surface area contributed by atoms with E-state index in [0.717, 1.165) is 36.8 Å². The first-order valence-electron chi connectivity index (χ1n) is 11.5. The number of benzene rings is 2. The second kappa shape index (κ2) is 11.8. The smallest absolute Gasteiger partial charge is 0.475 e. The number of carboxylic acid groups (broad SMARTS) is 1. The van der Waals surface area contributed by atoms with Gasteiger partial charge < -0.3 is 10.4 Å². The molecule has 3 N–H and O–H groups in total. The number of sulfonamides is 1. The summed E-state index contributed by atoms with van der Waals surface area (Å²) in [7, 11) is -3.64. The zero-order chi connectivity index (χ0) is 27.1. The second-order valence-corrected chi connectivity index (χ2v) is 10.7. The third-order valence-corrected chi connectivity index (χ3v) is 6.96. The van der Waals surface area contributed by atoms with Crippen molar-refractivity contribution in [3.8, 4) is 0 Å². The SMILES string of the molecule is CCCc1ccc(S(=O)(=O)Nc2ccc(C3(C(=O)NCC(C)C)CC3)cc2)cc1.O=C(O)C(F)(F)F. The Bertz CT molecular complexity index is 1140. The third-order valence-electron chi connectivity index (χ3n) is 5.56. The number of rotatable bonds is 9. The second-order valence-electron chi connectivity index (χ2n) is 9.07. The first-order valence-corrected chi connectivity index (χ1v) is 13.0. The lowest BCUT2D eigenvalue weighted by atomic mass is 9.94. The van der Waals surface area contributed by atoms with Crippen LogP contribution in [0.1, 0.15) is 51.2 Å². The molecule has 1 amide bonds. The van der Waals surface area contributed by atoms with E-state index < -0.39 is 27.6 Å². The van der Waals surface area contributed by atoms with Gasteiger partial charge in [0.15, 0.2) is 0 Å². The molecule has 3 rings (SSSR count). The lowest BCUT2D eigenvalue weighted by Gasteiger charge is -2.17. The van der Waals surface area contributed by atoms with Crippen molar-refractivity contribution in [3.05, 3.63) is 59.7 Å². The number of hydrogen-bond donors (Lipinski definition) is 3. The van der Waals surface area contributed by atoms with E-state index in [1.54, 1.807) is 24.3 Å². The molecule has 0 radical (unpaired) electrons. The third kappa shape index (κ3) is 7.97. The molecule has 7 nitrogen and oxygen atoms in total. The number of alkyl halides is 3. The van der Waals surface area contributed by atoms with E-state index in [-0.39, 0.29) is 10.8 Å². The van der Waals surface area contributed by atoms with Crippen LogP contribution in [0.25, 0.3) is 0 Å². The van der Waals surface area contributed by atoms with Gasteiger partial charge in [0.2, 0.25) is 5.91 Å². The molecule has 1 aliphatic rings. The van der Waals surface area contributed by atoms with Crippen molar-refractivity contribution in [3.63, 3.8) is 0 Å². The Morgan fingerprint density at radius 3 is 1.97 bits per heavy atom. The first-order chi connectivity index (χ1) is 16.7. The van der Waals surface area contributed by atoms with E-state index in [9.17, 15) is 26.4 Å². The molecule has 36 heavy (non-hydrogen) atoms. The van der Waals surface area contributed by atoms with E-state index in [1.165, 1.54) is 0 Å². The lowest BCUT2D eigenvalue weighted by molar-refractivity contribution is -0.192. The molecule has 0 aliphatic heterocycles. The molecule has 0 unspecified atom stereocenters. The molecule has 1 aliphatic carbocycles. The maximum absolute atomic E-state index is 12.6. The Morgan fingerprint density at radius 2 is 1.56 bits per heavy atom. The van der Waals surface area contributed by atoms with Crippen molar-refractivity contribution >= 4 is 27.6 Å². The highest BCUT2D eigenvalue weighted by molar-refractivity contribution is 7.92. The number of carbonyl (C=O) groups is 2. The van der Waals surface area contributed by atoms with Gasteiger partial charge in [0.1, 0.15) is 0 Å². The Hall–Kier alpha value is -3.08. The van der Waals surface area contributed by atoms with Crippen LogP contribution < -0.4 is 10.0 Å². The fourth-order valence-electron chi connectivity index (χ4n) is 3.43. The van der Waals surface area contributed by atoms with Crippen molar-refractivity contribution in [1.29, 1.82) is 0 Å². The highest BCUT2D eigenvalue weighted by Gasteiger charge is 2.51. The molecule has 0 bridgehead atoms. The minimum absolute atomic E-state index is 0.0618. The molecule has 2 aromatic rings. The number of hydrogen-bond acceptors (Lipinski definition) is 4. The predicted molar refractivity (Wildman–Crippen MR) is 130 cm³/mol. The van der Waals surface area contributed by atoms with Crippen LogP contribution in [0, 0.1) is 5.92 Å². The summed E-state index contributed by atoms with van der Waals surface area (Å²) >= 11 is 0. The van der Waals surface area contributed by atoms with Crippen molar-refractivity contribution in [1.82, 2.24) is 5.32 Å². The van der Waals surface area contributed by atoms with E-state index in [1.807, 2.05) is 24.3 Å². The van der Waals surface area contributed by atoms with Gasteiger partial charge in [0.05, 0.1) is 10.3 Å². The number of carbonyl (C=O) groups excluding carboxylic acids is 1. The quantitative estimate of drug-likeness (QED) is 0.430. The van der Waals surface area contributed by atoms with E-state index >= 15 is 0 Å². The topological polar surface area (TPSA) is 113 Å². The molecule has 0 aromatic heterocycles. The minimum atomic E-state index is -5.08. The van der Waals surface area contributed by atoms with E-state index in [0.29, 0.717) is 18.2 Å². The van der Waals surface area contributed by atoms with E-state index in [2.05, 4.69) is 30.8 Å². The van der Waals surface area contributed by atoms with Crippen molar-refractivity contribution < 1.29 is 36.3 Å². The number of aryl methyl sites for hydroxylation is 1. The van der Waals surface area contributed by atoms with Gasteiger partial charge in [-0.05, 0) is 60.6 Å². The molecule has 1 fully saturated rings. The summed E-state index contributed by atoms with van der Waals surface area (Å²) in [6.07, 6.45) is -1.48. The van der Waals surface area contributed by atoms with Crippen molar-refractivity contribution in [2.45, 2.75) is 62.9 Å². The van der Waals surface area contributed by atoms with E-state index in [4.69, 9.17) is 9.90 Å². The van der Waals surface area contributed by atoms with Crippen molar-refractivity contribution in [2.75, 3.05) is 11.3 Å². The maximum atomic E-state index is 12.6. The molecule has 198 valence electrons. The van der Waals surface area contributed by atoms with Gasteiger partial charge in [-0.2, -0.15) is 13.2 Å². The van der Waals surface area contributed by atoms with Crippen LogP contribution in [-0.4, -0.2) is 38.1 Å². The van der Waals surface area contributed by atoms with Gasteiger partial charge in [-0.25, -0.2) is 13.2 Å². The number of anilines is 1. The Balaban J connectivity index is 0.000000572. The molecule has 0 spiro atoms. The summed E-state index contributed by atoms with van der Waals surface area (Å²) in [5.41, 5.74) is 2.10. The van der Waals surface area contributed by atoms with Crippen LogP contribution in [0.5, 0.6) is 0 Å². The molecule has 2 aromatic carbocycles. The van der Waals surface area contributed by atoms with Gasteiger partial charge in [-0.3, -0.25) is 9.52 Å².